The Morgan fingerprint density at radius 1 is 0.935 bits per heavy atom. The number of piperazine rings is 1. The lowest BCUT2D eigenvalue weighted by Crippen LogP contribution is -2.49. The zero-order valence-electron chi connectivity index (χ0n) is 17.6. The van der Waals surface area contributed by atoms with Gasteiger partial charge in [0.2, 0.25) is 5.91 Å². The topological polar surface area (TPSA) is 68.8 Å². The molecule has 0 unspecified atom stereocenters. The molecule has 1 aromatic heterocycles. The Labute approximate surface area is 181 Å². The molecule has 0 spiro atoms. The number of benzene rings is 1. The van der Waals surface area contributed by atoms with Gasteiger partial charge in [0.25, 0.3) is 5.91 Å². The number of hydrogen-bond acceptors (Lipinski definition) is 5. The molecule has 0 saturated carbocycles. The molecule has 8 heteroatoms. The Bertz CT molecular complexity index is 924. The smallest absolute Gasteiger partial charge is 0.257 e. The molecule has 2 aliphatic rings. The summed E-state index contributed by atoms with van der Waals surface area (Å²) in [5.74, 6) is 0.0853. The number of halogens is 1. The lowest BCUT2D eigenvalue weighted by atomic mass is 10.1. The van der Waals surface area contributed by atoms with Crippen LogP contribution >= 0.6 is 0 Å². The van der Waals surface area contributed by atoms with Crippen LogP contribution in [-0.4, -0.2) is 72.4 Å². The Morgan fingerprint density at radius 2 is 1.68 bits per heavy atom. The maximum absolute atomic E-state index is 13.7. The van der Waals surface area contributed by atoms with Crippen LogP contribution in [0.3, 0.4) is 0 Å². The van der Waals surface area contributed by atoms with E-state index < -0.39 is 5.82 Å². The third-order valence-corrected chi connectivity index (χ3v) is 5.85. The van der Waals surface area contributed by atoms with Crippen molar-refractivity contribution in [2.45, 2.75) is 19.3 Å². The largest absolute Gasteiger partial charge is 0.353 e. The van der Waals surface area contributed by atoms with Crippen molar-refractivity contribution in [1.29, 1.82) is 0 Å². The molecule has 2 amide bonds. The van der Waals surface area contributed by atoms with Crippen molar-refractivity contribution < 1.29 is 14.0 Å². The molecule has 2 aliphatic heterocycles. The van der Waals surface area contributed by atoms with Gasteiger partial charge in [-0.2, -0.15) is 0 Å². The van der Waals surface area contributed by atoms with Crippen molar-refractivity contribution in [3.05, 3.63) is 54.0 Å². The second-order valence-electron chi connectivity index (χ2n) is 8.02. The molecule has 4 rings (SSSR count). The van der Waals surface area contributed by atoms with Gasteiger partial charge in [-0.1, -0.05) is 12.1 Å². The van der Waals surface area contributed by atoms with E-state index in [2.05, 4.69) is 15.2 Å². The average Bonchev–Trinajstić information content (AvgIpc) is 2.81. The molecular weight excluding hydrogens is 397 g/mol. The molecule has 0 atom stereocenters. The van der Waals surface area contributed by atoms with Gasteiger partial charge in [-0.15, -0.1) is 0 Å². The van der Waals surface area contributed by atoms with E-state index >= 15 is 0 Å². The Morgan fingerprint density at radius 3 is 2.42 bits per heavy atom. The molecular formula is C23H28FN5O2. The number of likely N-dealkylation sites (tertiary alicyclic amines) is 1. The van der Waals surface area contributed by atoms with Crippen molar-refractivity contribution in [2.24, 2.45) is 0 Å². The zero-order chi connectivity index (χ0) is 21.6. The summed E-state index contributed by atoms with van der Waals surface area (Å²) < 4.78 is 13.7. The van der Waals surface area contributed by atoms with E-state index in [4.69, 9.17) is 0 Å². The van der Waals surface area contributed by atoms with Crippen LogP contribution in [0.4, 0.5) is 15.9 Å². The highest BCUT2D eigenvalue weighted by molar-refractivity contribution is 5.99. The SMILES string of the molecule is O=C(CN1CCN(c2ncccc2C(=O)N2CCCCC2)CC1)Nc1ccccc1F. The lowest BCUT2D eigenvalue weighted by Gasteiger charge is -2.36. The van der Waals surface area contributed by atoms with Crippen LogP contribution in [0.1, 0.15) is 29.6 Å². The number of piperidine rings is 1. The molecule has 164 valence electrons. The normalized spacial score (nSPS) is 17.5. The number of rotatable bonds is 5. The van der Waals surface area contributed by atoms with E-state index in [-0.39, 0.29) is 24.0 Å². The van der Waals surface area contributed by atoms with Crippen LogP contribution in [0.2, 0.25) is 0 Å². The molecule has 2 fully saturated rings. The summed E-state index contributed by atoms with van der Waals surface area (Å²) in [6, 6.07) is 9.81. The molecule has 2 saturated heterocycles. The minimum absolute atomic E-state index is 0.0505. The Kier molecular flexibility index (Phi) is 6.76. The van der Waals surface area contributed by atoms with Crippen LogP contribution in [0.5, 0.6) is 0 Å². The monoisotopic (exact) mass is 425 g/mol. The third kappa shape index (κ3) is 5.19. The third-order valence-electron chi connectivity index (χ3n) is 5.85. The van der Waals surface area contributed by atoms with Crippen molar-refractivity contribution in [1.82, 2.24) is 14.8 Å². The minimum Gasteiger partial charge on any atom is -0.353 e. The predicted octanol–water partition coefficient (Wildman–Crippen LogP) is 2.61. The van der Waals surface area contributed by atoms with E-state index in [0.717, 1.165) is 25.9 Å². The van der Waals surface area contributed by atoms with Gasteiger partial charge in [-0.25, -0.2) is 9.37 Å². The summed E-state index contributed by atoms with van der Waals surface area (Å²) >= 11 is 0. The summed E-state index contributed by atoms with van der Waals surface area (Å²) in [5, 5.41) is 2.63. The number of amides is 2. The molecule has 3 heterocycles. The van der Waals surface area contributed by atoms with Gasteiger partial charge in [0.1, 0.15) is 11.6 Å². The molecule has 7 nitrogen and oxygen atoms in total. The summed E-state index contributed by atoms with van der Waals surface area (Å²) in [4.78, 5) is 35.9. The molecule has 1 N–H and O–H groups in total. The first-order chi connectivity index (χ1) is 15.1. The first-order valence-corrected chi connectivity index (χ1v) is 10.9. The summed E-state index contributed by atoms with van der Waals surface area (Å²) in [6.07, 6.45) is 5.00. The first kappa shape index (κ1) is 21.2. The highest BCUT2D eigenvalue weighted by Gasteiger charge is 2.26. The number of anilines is 2. The molecule has 31 heavy (non-hydrogen) atoms. The van der Waals surface area contributed by atoms with Crippen molar-refractivity contribution in [2.75, 3.05) is 56.0 Å². The maximum Gasteiger partial charge on any atom is 0.257 e. The summed E-state index contributed by atoms with van der Waals surface area (Å²) in [5.41, 5.74) is 0.843. The van der Waals surface area contributed by atoms with E-state index in [0.29, 0.717) is 37.6 Å². The number of nitrogens with one attached hydrogen (secondary N) is 1. The first-order valence-electron chi connectivity index (χ1n) is 10.9. The van der Waals surface area contributed by atoms with Gasteiger partial charge in [0.15, 0.2) is 0 Å². The van der Waals surface area contributed by atoms with Gasteiger partial charge in [-0.3, -0.25) is 14.5 Å². The second kappa shape index (κ2) is 9.87. The Balaban J connectivity index is 1.34. The number of hydrogen-bond donors (Lipinski definition) is 1. The van der Waals surface area contributed by atoms with Crippen LogP contribution in [-0.2, 0) is 4.79 Å². The Hall–Kier alpha value is -3.00. The van der Waals surface area contributed by atoms with Crippen LogP contribution < -0.4 is 10.2 Å². The number of pyridine rings is 1. The summed E-state index contributed by atoms with van der Waals surface area (Å²) in [7, 11) is 0. The highest BCUT2D eigenvalue weighted by Crippen LogP contribution is 2.22. The van der Waals surface area contributed by atoms with Crippen molar-refractivity contribution in [3.63, 3.8) is 0 Å². The van der Waals surface area contributed by atoms with E-state index in [9.17, 15) is 14.0 Å². The standard InChI is InChI=1S/C23H28FN5O2/c24-19-8-2-3-9-20(19)26-21(30)17-27-13-15-28(16-14-27)22-18(7-6-10-25-22)23(31)29-11-4-1-5-12-29/h2-3,6-10H,1,4-5,11-17H2,(H,26,30). The van der Waals surface area contributed by atoms with Gasteiger partial charge >= 0.3 is 0 Å². The van der Waals surface area contributed by atoms with Crippen LogP contribution in [0.25, 0.3) is 0 Å². The van der Waals surface area contributed by atoms with E-state index in [1.165, 1.54) is 12.5 Å². The fourth-order valence-corrected chi connectivity index (χ4v) is 4.16. The average molecular weight is 426 g/mol. The predicted molar refractivity (Wildman–Crippen MR) is 118 cm³/mol. The zero-order valence-corrected chi connectivity index (χ0v) is 17.6. The second-order valence-corrected chi connectivity index (χ2v) is 8.02. The minimum atomic E-state index is -0.443. The fourth-order valence-electron chi connectivity index (χ4n) is 4.16. The van der Waals surface area contributed by atoms with Crippen LogP contribution in [0, 0.1) is 5.82 Å². The van der Waals surface area contributed by atoms with Gasteiger partial charge < -0.3 is 15.1 Å². The molecule has 1 aromatic carbocycles. The molecule has 2 aromatic rings. The van der Waals surface area contributed by atoms with Crippen molar-refractivity contribution >= 4 is 23.3 Å². The number of para-hydroxylation sites is 1. The number of nitrogens with zero attached hydrogens (tertiary/aromatic N) is 4. The highest BCUT2D eigenvalue weighted by atomic mass is 19.1. The lowest BCUT2D eigenvalue weighted by molar-refractivity contribution is -0.117. The quantitative estimate of drug-likeness (QED) is 0.798. The number of carbonyl (C=O) groups is 2. The summed E-state index contributed by atoms with van der Waals surface area (Å²) in [6.45, 7) is 4.48. The molecule has 0 aliphatic carbocycles. The van der Waals surface area contributed by atoms with E-state index in [1.54, 1.807) is 24.4 Å². The molecule has 0 bridgehead atoms. The van der Waals surface area contributed by atoms with Crippen molar-refractivity contribution in [3.8, 4) is 0 Å². The van der Waals surface area contributed by atoms with Gasteiger partial charge in [-0.05, 0) is 43.5 Å². The van der Waals surface area contributed by atoms with E-state index in [1.807, 2.05) is 21.9 Å². The number of carbonyl (C=O) groups excluding carboxylic acids is 2. The maximum atomic E-state index is 13.7. The number of aromatic nitrogens is 1. The van der Waals surface area contributed by atoms with Gasteiger partial charge in [0.05, 0.1) is 17.8 Å². The van der Waals surface area contributed by atoms with Crippen LogP contribution in [0.15, 0.2) is 42.6 Å². The fraction of sp³-hybridized carbons (Fsp3) is 0.435. The molecule has 0 radical (unpaired) electrons. The van der Waals surface area contributed by atoms with Gasteiger partial charge in [0, 0.05) is 45.5 Å².